The van der Waals surface area contributed by atoms with E-state index in [1.165, 1.54) is 80.7 Å². The molecule has 0 aliphatic carbocycles. The summed E-state index contributed by atoms with van der Waals surface area (Å²) in [5.41, 5.74) is 15.2. The van der Waals surface area contributed by atoms with E-state index in [0.29, 0.717) is 0 Å². The summed E-state index contributed by atoms with van der Waals surface area (Å²) < 4.78 is 7.46. The summed E-state index contributed by atoms with van der Waals surface area (Å²) in [7, 11) is 0. The Morgan fingerprint density at radius 2 is 1.25 bits per heavy atom. The minimum atomic E-state index is 1.09. The van der Waals surface area contributed by atoms with Gasteiger partial charge in [-0.25, -0.2) is 0 Å². The molecule has 0 N–H and O–H groups in total. The van der Waals surface area contributed by atoms with Gasteiger partial charge in [-0.05, 0) is 98.6 Å². The molecule has 7 aromatic carbocycles. The second-order valence-corrected chi connectivity index (χ2v) is 16.3. The Kier molecular flexibility index (Phi) is 8.18. The van der Waals surface area contributed by atoms with Crippen molar-refractivity contribution in [2.24, 2.45) is 0 Å². The minimum Gasteiger partial charge on any atom is -0.309 e. The van der Waals surface area contributed by atoms with Crippen LogP contribution in [0.3, 0.4) is 0 Å². The predicted octanol–water partition coefficient (Wildman–Crippen LogP) is 15.9. The van der Waals surface area contributed by atoms with Gasteiger partial charge in [-0.3, -0.25) is 0 Å². The predicted molar refractivity (Wildman–Crippen MR) is 257 cm³/mol. The lowest BCUT2D eigenvalue weighted by molar-refractivity contribution is 1.03. The number of fused-ring (bicyclic) bond motifs is 9. The molecule has 0 aliphatic heterocycles. The summed E-state index contributed by atoms with van der Waals surface area (Å²) in [6, 6.07) is 57.9. The van der Waals surface area contributed by atoms with Gasteiger partial charge in [0, 0.05) is 69.9 Å². The van der Waals surface area contributed by atoms with E-state index in [1.54, 1.807) is 0 Å². The van der Waals surface area contributed by atoms with Crippen molar-refractivity contribution in [2.75, 3.05) is 4.90 Å². The number of hydrogen-bond acceptors (Lipinski definition) is 2. The number of benzene rings is 7. The van der Waals surface area contributed by atoms with Crippen LogP contribution in [0.1, 0.15) is 41.9 Å². The van der Waals surface area contributed by atoms with E-state index < -0.39 is 0 Å². The van der Waals surface area contributed by atoms with E-state index in [0.717, 1.165) is 34.0 Å². The van der Waals surface area contributed by atoms with Gasteiger partial charge < -0.3 is 13.9 Å². The highest BCUT2D eigenvalue weighted by Gasteiger charge is 2.25. The highest BCUT2D eigenvalue weighted by Crippen LogP contribution is 2.47. The molecule has 282 valence electrons. The van der Waals surface area contributed by atoms with Crippen LogP contribution < -0.4 is 4.90 Å². The number of para-hydroxylation sites is 4. The van der Waals surface area contributed by atoms with Crippen LogP contribution in [-0.4, -0.2) is 8.97 Å². The average molecular weight is 776 g/mol. The Bertz CT molecular complexity index is 3480. The fraction of sp³-hybridized carbons (Fsp3) is 0.0545. The molecule has 0 bridgehead atoms. The maximum atomic E-state index is 4.28. The van der Waals surface area contributed by atoms with Gasteiger partial charge in [0.1, 0.15) is 0 Å². The standard InChI is InChI=1S/C55H41N3S/c1-5-17-41-35(4)53(57(48(41)7-3)37-18-9-8-10-19-37)40(6-2)36-28-30-38(31-29-36)56(39-32-33-52-47(34-39)43-21-12-14-27-51(43)59-52)50-26-16-24-46-45-23-15-22-44-42-20-11-13-25-49(42)58(54(44)45)55(46)50/h5-34H,3H2,1-2,4H3/b17-5-,40-6-. The molecule has 0 saturated heterocycles. The van der Waals surface area contributed by atoms with Crippen LogP contribution in [0.4, 0.5) is 17.1 Å². The maximum absolute atomic E-state index is 4.28. The zero-order valence-electron chi connectivity index (χ0n) is 33.3. The van der Waals surface area contributed by atoms with Gasteiger partial charge in [0.15, 0.2) is 0 Å². The first kappa shape index (κ1) is 35.1. The normalized spacial score (nSPS) is 12.4. The molecular formula is C55H41N3S. The van der Waals surface area contributed by atoms with E-state index in [1.807, 2.05) is 17.4 Å². The van der Waals surface area contributed by atoms with E-state index in [9.17, 15) is 0 Å². The molecule has 4 aromatic heterocycles. The molecule has 0 spiro atoms. The van der Waals surface area contributed by atoms with Crippen molar-refractivity contribution >= 4 is 104 Å². The van der Waals surface area contributed by atoms with Crippen LogP contribution in [0.5, 0.6) is 0 Å². The van der Waals surface area contributed by atoms with Gasteiger partial charge in [-0.2, -0.15) is 0 Å². The molecule has 4 heterocycles. The Balaban J connectivity index is 1.15. The molecule has 0 atom stereocenters. The van der Waals surface area contributed by atoms with Crippen LogP contribution in [0.15, 0.2) is 176 Å². The minimum absolute atomic E-state index is 1.09. The van der Waals surface area contributed by atoms with Crippen LogP contribution in [0.2, 0.25) is 0 Å². The lowest BCUT2D eigenvalue weighted by atomic mass is 9.97. The van der Waals surface area contributed by atoms with Crippen molar-refractivity contribution in [3.63, 3.8) is 0 Å². The van der Waals surface area contributed by atoms with Crippen molar-refractivity contribution in [1.82, 2.24) is 8.97 Å². The highest BCUT2D eigenvalue weighted by atomic mass is 32.1. The van der Waals surface area contributed by atoms with E-state index in [4.69, 9.17) is 0 Å². The lowest BCUT2D eigenvalue weighted by Crippen LogP contribution is -2.11. The van der Waals surface area contributed by atoms with Crippen molar-refractivity contribution < 1.29 is 0 Å². The van der Waals surface area contributed by atoms with Gasteiger partial charge in [-0.1, -0.05) is 122 Å². The van der Waals surface area contributed by atoms with Crippen LogP contribution in [-0.2, 0) is 0 Å². The largest absolute Gasteiger partial charge is 0.309 e. The summed E-state index contributed by atoms with van der Waals surface area (Å²) in [5, 5.41) is 7.65. The first-order chi connectivity index (χ1) is 29.1. The molecule has 3 nitrogen and oxygen atoms in total. The number of rotatable bonds is 8. The van der Waals surface area contributed by atoms with E-state index in [2.05, 4.69) is 217 Å². The number of allylic oxidation sites excluding steroid dienone is 2. The van der Waals surface area contributed by atoms with Gasteiger partial charge in [0.25, 0.3) is 0 Å². The molecule has 59 heavy (non-hydrogen) atoms. The van der Waals surface area contributed by atoms with Crippen LogP contribution in [0, 0.1) is 6.92 Å². The molecule has 11 aromatic rings. The molecule has 0 fully saturated rings. The summed E-state index contributed by atoms with van der Waals surface area (Å²) >= 11 is 1.86. The summed E-state index contributed by atoms with van der Waals surface area (Å²) in [4.78, 5) is 2.47. The van der Waals surface area contributed by atoms with Crippen molar-refractivity contribution in [1.29, 1.82) is 0 Å². The molecule has 11 rings (SSSR count). The van der Waals surface area contributed by atoms with Gasteiger partial charge in [0.05, 0.1) is 33.6 Å². The molecule has 0 unspecified atom stereocenters. The quantitative estimate of drug-likeness (QED) is 0.150. The van der Waals surface area contributed by atoms with Crippen LogP contribution >= 0.6 is 11.3 Å². The number of nitrogens with zero attached hydrogens (tertiary/aromatic N) is 3. The number of hydrogen-bond donors (Lipinski definition) is 0. The van der Waals surface area contributed by atoms with Crippen LogP contribution in [0.25, 0.3) is 81.7 Å². The third kappa shape index (κ3) is 5.20. The first-order valence-electron chi connectivity index (χ1n) is 20.3. The summed E-state index contributed by atoms with van der Waals surface area (Å²) in [5.74, 6) is 0. The molecule has 0 amide bonds. The second-order valence-electron chi connectivity index (χ2n) is 15.2. The van der Waals surface area contributed by atoms with Crippen molar-refractivity contribution in [2.45, 2.75) is 20.8 Å². The Morgan fingerprint density at radius 1 is 0.610 bits per heavy atom. The average Bonchev–Trinajstić information content (AvgIpc) is 4.01. The topological polar surface area (TPSA) is 12.6 Å². The van der Waals surface area contributed by atoms with Gasteiger partial charge >= 0.3 is 0 Å². The lowest BCUT2D eigenvalue weighted by Gasteiger charge is -2.27. The highest BCUT2D eigenvalue weighted by molar-refractivity contribution is 7.25. The SMILES string of the molecule is C=Cc1c(/C=C\C)c(C)c(/C(=C\C)c2ccc(N(c3ccc4sc5ccccc5c4c3)c3cccc4c5cccc6c7ccccc7n(c34)c65)cc2)n1-c1ccccc1. The third-order valence-electron chi connectivity index (χ3n) is 12.1. The van der Waals surface area contributed by atoms with Crippen molar-refractivity contribution in [3.8, 4) is 5.69 Å². The molecule has 0 radical (unpaired) electrons. The number of aromatic nitrogens is 2. The molecular weight excluding hydrogens is 735 g/mol. The fourth-order valence-electron chi connectivity index (χ4n) is 9.62. The number of thiophene rings is 1. The summed E-state index contributed by atoms with van der Waals surface area (Å²) in [6.45, 7) is 10.7. The van der Waals surface area contributed by atoms with Gasteiger partial charge in [-0.15, -0.1) is 11.3 Å². The number of anilines is 3. The molecule has 0 aliphatic rings. The second kappa shape index (κ2) is 13.8. The Hall–Kier alpha value is -7.14. The van der Waals surface area contributed by atoms with E-state index in [-0.39, 0.29) is 0 Å². The van der Waals surface area contributed by atoms with Crippen molar-refractivity contribution in [3.05, 3.63) is 205 Å². The van der Waals surface area contributed by atoms with E-state index >= 15 is 0 Å². The Labute approximate surface area is 347 Å². The zero-order chi connectivity index (χ0) is 39.8. The third-order valence-corrected chi connectivity index (χ3v) is 13.3. The maximum Gasteiger partial charge on any atom is 0.0782 e. The molecule has 0 saturated carbocycles. The Morgan fingerprint density at radius 3 is 2.02 bits per heavy atom. The molecule has 4 heteroatoms. The fourth-order valence-corrected chi connectivity index (χ4v) is 10.7. The summed E-state index contributed by atoms with van der Waals surface area (Å²) in [6.07, 6.45) is 8.55. The monoisotopic (exact) mass is 775 g/mol. The first-order valence-corrected chi connectivity index (χ1v) is 21.1. The van der Waals surface area contributed by atoms with Gasteiger partial charge in [0.2, 0.25) is 0 Å². The smallest absolute Gasteiger partial charge is 0.0782 e. The zero-order valence-corrected chi connectivity index (χ0v) is 34.1.